The molecule has 0 aromatic heterocycles. The third-order valence-corrected chi connectivity index (χ3v) is 9.43. The Balaban J connectivity index is 1.75. The minimum absolute atomic E-state index is 0.000301. The zero-order valence-corrected chi connectivity index (χ0v) is 21.2. The number of rotatable bonds is 1. The number of likely N-dealkylation sites (tertiary alicyclic amines) is 2. The van der Waals surface area contributed by atoms with Gasteiger partial charge in [0.2, 0.25) is 11.8 Å². The van der Waals surface area contributed by atoms with Crippen molar-refractivity contribution in [3.63, 3.8) is 0 Å². The van der Waals surface area contributed by atoms with Gasteiger partial charge in [-0.05, 0) is 45.6 Å². The number of phenolic OH excluding ortho intramolecular Hbond substituents is 1. The van der Waals surface area contributed by atoms with Crippen molar-refractivity contribution in [3.8, 4) is 5.75 Å². The molecule has 1 aromatic rings. The number of benzene rings is 1. The molecule has 2 saturated heterocycles. The fourth-order valence-corrected chi connectivity index (χ4v) is 7.53. The van der Waals surface area contributed by atoms with Gasteiger partial charge >= 0.3 is 0 Å². The molecule has 2 heterocycles. The maximum atomic E-state index is 14.5. The summed E-state index contributed by atoms with van der Waals surface area (Å²) in [4.78, 5) is 51.7. The number of hydrogen-bond donors (Lipinski definition) is 1. The average molecular weight is 523 g/mol. The highest BCUT2D eigenvalue weighted by molar-refractivity contribution is 6.53. The predicted octanol–water partition coefficient (Wildman–Crippen LogP) is 3.32. The van der Waals surface area contributed by atoms with Crippen molar-refractivity contribution in [2.24, 2.45) is 17.8 Å². The van der Waals surface area contributed by atoms with Crippen LogP contribution in [0.3, 0.4) is 0 Å². The van der Waals surface area contributed by atoms with Crippen LogP contribution in [0.25, 0.3) is 0 Å². The van der Waals surface area contributed by atoms with Crippen LogP contribution < -0.4 is 0 Å². The lowest BCUT2D eigenvalue weighted by molar-refractivity contribution is -0.146. The van der Waals surface area contributed by atoms with E-state index in [2.05, 4.69) is 0 Å². The maximum absolute atomic E-state index is 14.5. The highest BCUT2D eigenvalue weighted by Crippen LogP contribution is 2.66. The summed E-state index contributed by atoms with van der Waals surface area (Å²) in [5.74, 6) is -7.16. The van der Waals surface area contributed by atoms with Gasteiger partial charge in [-0.1, -0.05) is 23.8 Å². The van der Waals surface area contributed by atoms with E-state index < -0.39 is 62.3 Å². The topological polar surface area (TPSA) is 95.0 Å². The molecule has 4 aliphatic rings. The third kappa shape index (κ3) is 2.84. The number of alkyl halides is 2. The average Bonchev–Trinajstić information content (AvgIpc) is 3.11. The van der Waals surface area contributed by atoms with Gasteiger partial charge in [-0.25, -0.2) is 4.39 Å². The number of halogens is 3. The lowest BCUT2D eigenvalue weighted by Gasteiger charge is -2.50. The molecule has 1 N–H and O–H groups in total. The van der Waals surface area contributed by atoms with Crippen LogP contribution in [0.4, 0.5) is 4.39 Å². The first-order chi connectivity index (χ1) is 16.2. The first kappa shape index (κ1) is 24.3. The van der Waals surface area contributed by atoms with Crippen LogP contribution in [0.1, 0.15) is 45.1 Å². The number of amides is 4. The van der Waals surface area contributed by atoms with Gasteiger partial charge in [0.05, 0.1) is 11.8 Å². The number of imide groups is 2. The Labute approximate surface area is 211 Å². The molecule has 2 aliphatic carbocycles. The van der Waals surface area contributed by atoms with Crippen LogP contribution >= 0.6 is 23.2 Å². The van der Waals surface area contributed by atoms with Crippen LogP contribution in [0.5, 0.6) is 5.75 Å². The fraction of sp³-hybridized carbons (Fsp3) is 0.520. The standard InChI is InChI=1S/C25H25Cl2FN2O5/c1-23(2,3)30-19(32)12-9-8-11-14(16(12)20(30)33)10-24(26)21(34)29(4)22(35)25(24,27)17(11)13-6-5-7-15(28)18(13)31/h5-8,12,14,16-17,31H,9-10H2,1-4H3/t12-,14+,16-,17+,24+,25-/m0/s1. The van der Waals surface area contributed by atoms with E-state index in [-0.39, 0.29) is 30.2 Å². The highest BCUT2D eigenvalue weighted by Gasteiger charge is 2.76. The molecule has 2 aliphatic heterocycles. The van der Waals surface area contributed by atoms with E-state index in [1.165, 1.54) is 24.1 Å². The summed E-state index contributed by atoms with van der Waals surface area (Å²) in [7, 11) is 1.27. The number of para-hydroxylation sites is 1. The van der Waals surface area contributed by atoms with E-state index in [0.717, 1.165) is 11.0 Å². The number of allylic oxidation sites excluding steroid dienone is 2. The number of aromatic hydroxyl groups is 1. The summed E-state index contributed by atoms with van der Waals surface area (Å²) in [6.45, 7) is 5.30. The van der Waals surface area contributed by atoms with E-state index in [4.69, 9.17) is 23.2 Å². The number of nitrogens with zero attached hydrogens (tertiary/aromatic N) is 2. The van der Waals surface area contributed by atoms with Crippen molar-refractivity contribution in [2.45, 2.75) is 54.8 Å². The molecule has 4 amide bonds. The Morgan fingerprint density at radius 1 is 1.06 bits per heavy atom. The first-order valence-electron chi connectivity index (χ1n) is 11.4. The number of carbonyl (C=O) groups excluding carboxylic acids is 4. The Kier molecular flexibility index (Phi) is 5.05. The molecule has 0 unspecified atom stereocenters. The van der Waals surface area contributed by atoms with Crippen LogP contribution in [0.2, 0.25) is 0 Å². The summed E-state index contributed by atoms with van der Waals surface area (Å²) < 4.78 is 14.5. The van der Waals surface area contributed by atoms with Crippen LogP contribution in [0, 0.1) is 23.6 Å². The quantitative estimate of drug-likeness (QED) is 0.346. The highest BCUT2D eigenvalue weighted by atomic mass is 35.5. The minimum Gasteiger partial charge on any atom is -0.505 e. The summed E-state index contributed by atoms with van der Waals surface area (Å²) in [6, 6.07) is 3.86. The molecule has 186 valence electrons. The monoisotopic (exact) mass is 522 g/mol. The Bertz CT molecular complexity index is 1240. The normalized spacial score (nSPS) is 36.8. The van der Waals surface area contributed by atoms with Gasteiger partial charge < -0.3 is 5.11 Å². The molecule has 0 spiro atoms. The Morgan fingerprint density at radius 2 is 1.71 bits per heavy atom. The molecule has 7 nitrogen and oxygen atoms in total. The molecule has 1 aromatic carbocycles. The molecule has 0 bridgehead atoms. The number of phenols is 1. The number of hydrogen-bond acceptors (Lipinski definition) is 5. The molecule has 5 rings (SSSR count). The van der Waals surface area contributed by atoms with Gasteiger partial charge in [-0.3, -0.25) is 29.0 Å². The second-order valence-electron chi connectivity index (χ2n) is 10.9. The number of fused-ring (bicyclic) bond motifs is 4. The van der Waals surface area contributed by atoms with Gasteiger partial charge in [-0.15, -0.1) is 23.2 Å². The molecule has 6 atom stereocenters. The summed E-state index contributed by atoms with van der Waals surface area (Å²) in [6.07, 6.45) is 1.80. The molecule has 35 heavy (non-hydrogen) atoms. The van der Waals surface area contributed by atoms with Crippen molar-refractivity contribution >= 4 is 46.8 Å². The second kappa shape index (κ2) is 7.29. The molecular formula is C25H25Cl2FN2O5. The van der Waals surface area contributed by atoms with Gasteiger partial charge in [-0.2, -0.15) is 0 Å². The first-order valence-corrected chi connectivity index (χ1v) is 12.2. The molecular weight excluding hydrogens is 498 g/mol. The summed E-state index contributed by atoms with van der Waals surface area (Å²) in [5, 5.41) is 10.7. The van der Waals surface area contributed by atoms with Crippen molar-refractivity contribution < 1.29 is 28.7 Å². The van der Waals surface area contributed by atoms with Gasteiger partial charge in [0, 0.05) is 24.1 Å². The van der Waals surface area contributed by atoms with Crippen molar-refractivity contribution in [1.29, 1.82) is 0 Å². The zero-order chi connectivity index (χ0) is 25.8. The van der Waals surface area contributed by atoms with Crippen molar-refractivity contribution in [3.05, 3.63) is 41.2 Å². The smallest absolute Gasteiger partial charge is 0.253 e. The van der Waals surface area contributed by atoms with Crippen LogP contribution in [0.15, 0.2) is 29.8 Å². The summed E-state index contributed by atoms with van der Waals surface area (Å²) in [5.41, 5.74) is -0.249. The molecule has 3 fully saturated rings. The van der Waals surface area contributed by atoms with Crippen LogP contribution in [-0.2, 0) is 19.2 Å². The van der Waals surface area contributed by atoms with E-state index in [9.17, 15) is 28.7 Å². The lowest BCUT2D eigenvalue weighted by atomic mass is 9.56. The van der Waals surface area contributed by atoms with Crippen LogP contribution in [-0.4, -0.2) is 60.9 Å². The van der Waals surface area contributed by atoms with Gasteiger partial charge in [0.1, 0.15) is 0 Å². The van der Waals surface area contributed by atoms with E-state index in [1.54, 1.807) is 26.8 Å². The van der Waals surface area contributed by atoms with E-state index >= 15 is 0 Å². The SMILES string of the molecule is CN1C(=O)[C@]2(Cl)C[C@@H]3C(=CC[C@@H]4C(=O)N(C(C)(C)C)C(=O)[C@@H]43)[C@H](c3cccc(F)c3O)[C@]2(Cl)C1=O. The Morgan fingerprint density at radius 3 is 2.34 bits per heavy atom. The largest absolute Gasteiger partial charge is 0.505 e. The maximum Gasteiger partial charge on any atom is 0.253 e. The van der Waals surface area contributed by atoms with E-state index in [0.29, 0.717) is 5.57 Å². The Hall–Kier alpha value is -2.45. The number of carbonyl (C=O) groups is 4. The minimum atomic E-state index is -2.06. The second-order valence-corrected chi connectivity index (χ2v) is 12.1. The van der Waals surface area contributed by atoms with Crippen molar-refractivity contribution in [2.75, 3.05) is 7.05 Å². The lowest BCUT2D eigenvalue weighted by Crippen LogP contribution is -2.60. The summed E-state index contributed by atoms with van der Waals surface area (Å²) >= 11 is 14.0. The zero-order valence-electron chi connectivity index (χ0n) is 19.6. The molecule has 1 saturated carbocycles. The fourth-order valence-electron chi connectivity index (χ4n) is 6.52. The molecule has 0 radical (unpaired) electrons. The van der Waals surface area contributed by atoms with Gasteiger partial charge in [0.15, 0.2) is 21.3 Å². The van der Waals surface area contributed by atoms with E-state index in [1.807, 2.05) is 0 Å². The predicted molar refractivity (Wildman–Crippen MR) is 125 cm³/mol. The van der Waals surface area contributed by atoms with Crippen molar-refractivity contribution in [1.82, 2.24) is 9.80 Å². The van der Waals surface area contributed by atoms with Gasteiger partial charge in [0.25, 0.3) is 11.8 Å². The molecule has 10 heteroatoms. The third-order valence-electron chi connectivity index (χ3n) is 8.01.